The monoisotopic (exact) mass is 182 g/mol. The van der Waals surface area contributed by atoms with E-state index < -0.39 is 5.97 Å². The van der Waals surface area contributed by atoms with Crippen LogP contribution in [0.2, 0.25) is 0 Å². The molecule has 13 heavy (non-hydrogen) atoms. The predicted octanol–water partition coefficient (Wildman–Crippen LogP) is -0.384. The molecular formula is C6H6N4O3. The van der Waals surface area contributed by atoms with Gasteiger partial charge in [-0.1, -0.05) is 0 Å². The molecule has 2 rings (SSSR count). The lowest BCUT2D eigenvalue weighted by molar-refractivity contribution is 0.0685. The van der Waals surface area contributed by atoms with Crippen molar-refractivity contribution in [1.29, 1.82) is 0 Å². The molecule has 0 saturated carbocycles. The number of anilines is 1. The van der Waals surface area contributed by atoms with Gasteiger partial charge in [-0.3, -0.25) is 4.99 Å². The van der Waals surface area contributed by atoms with Crippen molar-refractivity contribution in [1.82, 2.24) is 10.3 Å². The van der Waals surface area contributed by atoms with E-state index in [1.807, 2.05) is 0 Å². The van der Waals surface area contributed by atoms with Gasteiger partial charge < -0.3 is 10.0 Å². The minimum Gasteiger partial charge on any atom is -0.476 e. The molecular weight excluding hydrogens is 176 g/mol. The third-order valence-corrected chi connectivity index (χ3v) is 1.64. The van der Waals surface area contributed by atoms with E-state index >= 15 is 0 Å². The third kappa shape index (κ3) is 1.24. The number of aromatic carboxylic acids is 1. The summed E-state index contributed by atoms with van der Waals surface area (Å²) in [5.74, 6) is -0.953. The summed E-state index contributed by atoms with van der Waals surface area (Å²) in [6, 6.07) is 0. The largest absolute Gasteiger partial charge is 0.476 e. The Morgan fingerprint density at radius 1 is 1.62 bits per heavy atom. The molecule has 0 aliphatic carbocycles. The van der Waals surface area contributed by atoms with Crippen LogP contribution in [-0.2, 0) is 0 Å². The van der Waals surface area contributed by atoms with Crippen LogP contribution in [0.25, 0.3) is 0 Å². The van der Waals surface area contributed by atoms with Gasteiger partial charge in [-0.25, -0.2) is 9.42 Å². The Bertz CT molecular complexity index is 359. The maximum atomic E-state index is 10.6. The average Bonchev–Trinajstić information content (AvgIpc) is 2.74. The second-order valence-corrected chi connectivity index (χ2v) is 2.46. The van der Waals surface area contributed by atoms with E-state index in [-0.39, 0.29) is 11.5 Å². The minimum absolute atomic E-state index is 0.187. The van der Waals surface area contributed by atoms with Gasteiger partial charge in [0.1, 0.15) is 0 Å². The Morgan fingerprint density at radius 3 is 3.08 bits per heavy atom. The van der Waals surface area contributed by atoms with Gasteiger partial charge >= 0.3 is 5.97 Å². The molecule has 1 aromatic heterocycles. The summed E-state index contributed by atoms with van der Waals surface area (Å²) in [5, 5.41) is 15.4. The molecule has 0 amide bonds. The summed E-state index contributed by atoms with van der Waals surface area (Å²) in [4.78, 5) is 16.1. The highest BCUT2D eigenvalue weighted by atomic mass is 16.6. The lowest BCUT2D eigenvalue weighted by Crippen LogP contribution is -2.21. The molecule has 2 heterocycles. The average molecular weight is 182 g/mol. The number of carbonyl (C=O) groups is 1. The van der Waals surface area contributed by atoms with Crippen molar-refractivity contribution in [3.63, 3.8) is 0 Å². The summed E-state index contributed by atoms with van der Waals surface area (Å²) in [5.41, 5.74) is -0.187. The first kappa shape index (κ1) is 7.71. The molecule has 7 heteroatoms. The zero-order valence-electron chi connectivity index (χ0n) is 6.54. The predicted molar refractivity (Wildman–Crippen MR) is 42.0 cm³/mol. The fourth-order valence-corrected chi connectivity index (χ4v) is 1.05. The molecule has 7 nitrogen and oxygen atoms in total. The first-order valence-electron chi connectivity index (χ1n) is 3.61. The number of hydrogen-bond acceptors (Lipinski definition) is 6. The summed E-state index contributed by atoms with van der Waals surface area (Å²) >= 11 is 0. The van der Waals surface area contributed by atoms with E-state index in [0.29, 0.717) is 13.1 Å². The Kier molecular flexibility index (Phi) is 1.69. The number of carboxylic acid groups (broad SMARTS) is 1. The molecule has 0 unspecified atom stereocenters. The quantitative estimate of drug-likeness (QED) is 0.670. The van der Waals surface area contributed by atoms with E-state index in [1.165, 1.54) is 6.34 Å². The Hall–Kier alpha value is -1.92. The first-order valence-corrected chi connectivity index (χ1v) is 3.61. The van der Waals surface area contributed by atoms with Gasteiger partial charge in [0.2, 0.25) is 11.5 Å². The van der Waals surface area contributed by atoms with Gasteiger partial charge in [-0.15, -0.1) is 0 Å². The van der Waals surface area contributed by atoms with Crippen LogP contribution in [0.1, 0.15) is 10.5 Å². The molecule has 0 saturated heterocycles. The van der Waals surface area contributed by atoms with Crippen molar-refractivity contribution < 1.29 is 14.5 Å². The molecule has 1 N–H and O–H groups in total. The van der Waals surface area contributed by atoms with Crippen LogP contribution in [0.4, 0.5) is 5.82 Å². The van der Waals surface area contributed by atoms with Gasteiger partial charge in [0.25, 0.3) is 0 Å². The highest BCUT2D eigenvalue weighted by Gasteiger charge is 2.23. The van der Waals surface area contributed by atoms with Gasteiger partial charge in [-0.2, -0.15) is 0 Å². The van der Waals surface area contributed by atoms with Crippen molar-refractivity contribution in [2.24, 2.45) is 4.99 Å². The maximum Gasteiger partial charge on any atom is 0.362 e. The molecule has 1 aliphatic rings. The van der Waals surface area contributed by atoms with E-state index in [0.717, 1.165) is 0 Å². The molecule has 1 aliphatic heterocycles. The topological polar surface area (TPSA) is 91.8 Å². The SMILES string of the molecule is O=C(O)c1nonc1N1C=NCC1. The summed E-state index contributed by atoms with van der Waals surface area (Å²) in [7, 11) is 0. The zero-order chi connectivity index (χ0) is 9.26. The molecule has 0 spiro atoms. The Balaban J connectivity index is 2.33. The fraction of sp³-hybridized carbons (Fsp3) is 0.333. The van der Waals surface area contributed by atoms with Crippen LogP contribution in [0.3, 0.4) is 0 Å². The number of aromatic nitrogens is 2. The van der Waals surface area contributed by atoms with Crippen LogP contribution in [-0.4, -0.2) is 40.8 Å². The lowest BCUT2D eigenvalue weighted by Gasteiger charge is -2.07. The molecule has 0 aromatic carbocycles. The molecule has 68 valence electrons. The van der Waals surface area contributed by atoms with Crippen molar-refractivity contribution in [3.8, 4) is 0 Å². The molecule has 0 fully saturated rings. The number of carboxylic acids is 1. The second kappa shape index (κ2) is 2.85. The lowest BCUT2D eigenvalue weighted by atomic mass is 10.4. The fourth-order valence-electron chi connectivity index (χ4n) is 1.05. The third-order valence-electron chi connectivity index (χ3n) is 1.64. The van der Waals surface area contributed by atoms with Gasteiger partial charge in [0.15, 0.2) is 0 Å². The van der Waals surface area contributed by atoms with E-state index in [4.69, 9.17) is 5.11 Å². The normalized spacial score (nSPS) is 15.2. The Labute approximate surface area is 72.6 Å². The number of nitrogens with zero attached hydrogens (tertiary/aromatic N) is 4. The van der Waals surface area contributed by atoms with Crippen molar-refractivity contribution in [2.45, 2.75) is 0 Å². The second-order valence-electron chi connectivity index (χ2n) is 2.46. The van der Waals surface area contributed by atoms with Crippen LogP contribution in [0, 0.1) is 0 Å². The zero-order valence-corrected chi connectivity index (χ0v) is 6.54. The maximum absolute atomic E-state index is 10.6. The van der Waals surface area contributed by atoms with Crippen LogP contribution >= 0.6 is 0 Å². The van der Waals surface area contributed by atoms with Crippen molar-refractivity contribution >= 4 is 18.1 Å². The first-order chi connectivity index (χ1) is 6.29. The van der Waals surface area contributed by atoms with Crippen LogP contribution in [0.5, 0.6) is 0 Å². The molecule has 0 atom stereocenters. The number of aliphatic imine (C=N–C) groups is 1. The van der Waals surface area contributed by atoms with E-state index in [9.17, 15) is 4.79 Å². The molecule has 0 radical (unpaired) electrons. The standard InChI is InChI=1S/C6H6N4O3/c11-6(12)4-5(9-13-8-4)10-2-1-7-3-10/h3H,1-2H2,(H,11,12). The van der Waals surface area contributed by atoms with Gasteiger partial charge in [-0.05, 0) is 10.3 Å². The van der Waals surface area contributed by atoms with Gasteiger partial charge in [0.05, 0.1) is 12.9 Å². The highest BCUT2D eigenvalue weighted by Crippen LogP contribution is 2.15. The smallest absolute Gasteiger partial charge is 0.362 e. The highest BCUT2D eigenvalue weighted by molar-refractivity contribution is 5.94. The number of rotatable bonds is 2. The van der Waals surface area contributed by atoms with Crippen molar-refractivity contribution in [2.75, 3.05) is 18.0 Å². The summed E-state index contributed by atoms with van der Waals surface area (Å²) in [6.45, 7) is 1.24. The Morgan fingerprint density at radius 2 is 2.46 bits per heavy atom. The van der Waals surface area contributed by atoms with E-state index in [1.54, 1.807) is 4.90 Å². The van der Waals surface area contributed by atoms with Crippen LogP contribution in [0.15, 0.2) is 9.62 Å². The summed E-state index contributed by atoms with van der Waals surface area (Å²) < 4.78 is 4.34. The number of hydrogen-bond donors (Lipinski definition) is 1. The van der Waals surface area contributed by atoms with Gasteiger partial charge in [0, 0.05) is 6.54 Å². The van der Waals surface area contributed by atoms with E-state index in [2.05, 4.69) is 19.9 Å². The van der Waals surface area contributed by atoms with Crippen LogP contribution < -0.4 is 4.90 Å². The van der Waals surface area contributed by atoms with Crippen molar-refractivity contribution in [3.05, 3.63) is 5.69 Å². The molecule has 0 bridgehead atoms. The molecule has 1 aromatic rings. The summed E-state index contributed by atoms with van der Waals surface area (Å²) in [6.07, 6.45) is 1.52. The minimum atomic E-state index is -1.16.